The third kappa shape index (κ3) is 3.19. The fourth-order valence-corrected chi connectivity index (χ4v) is 2.23. The van der Waals surface area contributed by atoms with Gasteiger partial charge in [-0.2, -0.15) is 0 Å². The van der Waals surface area contributed by atoms with Gasteiger partial charge in [0.1, 0.15) is 4.88 Å². The summed E-state index contributed by atoms with van der Waals surface area (Å²) in [6.07, 6.45) is 0. The van der Waals surface area contributed by atoms with Crippen molar-refractivity contribution in [3.63, 3.8) is 0 Å². The fraction of sp³-hybridized carbons (Fsp3) is 0.143. The lowest BCUT2D eigenvalue weighted by Gasteiger charge is -1.91. The van der Waals surface area contributed by atoms with Gasteiger partial charge in [-0.1, -0.05) is 35.5 Å². The molecule has 4 heteroatoms. The van der Waals surface area contributed by atoms with Gasteiger partial charge in [0.15, 0.2) is 5.13 Å². The molecule has 1 heterocycles. The molecule has 1 aromatic carbocycles. The lowest BCUT2D eigenvalue weighted by atomic mass is 10.2. The molecule has 1 amide bonds. The number of hydrogen-bond donors (Lipinski definition) is 1. The highest BCUT2D eigenvalue weighted by molar-refractivity contribution is 7.16. The number of thiazole rings is 1. The highest BCUT2D eigenvalue weighted by Crippen LogP contribution is 2.21. The first-order valence-electron chi connectivity index (χ1n) is 5.47. The van der Waals surface area contributed by atoms with E-state index in [-0.39, 0.29) is 5.91 Å². The number of nitrogens with one attached hydrogen (secondary N) is 1. The lowest BCUT2D eigenvalue weighted by molar-refractivity contribution is -0.114. The predicted molar refractivity (Wildman–Crippen MR) is 73.6 cm³/mol. The molecule has 0 aliphatic heterocycles. The Morgan fingerprint density at radius 3 is 2.67 bits per heavy atom. The van der Waals surface area contributed by atoms with E-state index in [1.54, 1.807) is 0 Å². The van der Waals surface area contributed by atoms with Gasteiger partial charge in [0.2, 0.25) is 5.91 Å². The fourth-order valence-electron chi connectivity index (χ4n) is 1.37. The van der Waals surface area contributed by atoms with Gasteiger partial charge in [-0.05, 0) is 25.0 Å². The molecule has 90 valence electrons. The van der Waals surface area contributed by atoms with E-state index < -0.39 is 0 Å². The van der Waals surface area contributed by atoms with Gasteiger partial charge in [0.05, 0.1) is 5.69 Å². The number of anilines is 1. The summed E-state index contributed by atoms with van der Waals surface area (Å²) in [6.45, 7) is 3.35. The molecule has 0 unspecified atom stereocenters. The van der Waals surface area contributed by atoms with Gasteiger partial charge in [-0.25, -0.2) is 4.98 Å². The molecule has 0 aliphatic carbocycles. The smallest absolute Gasteiger partial charge is 0.223 e. The van der Waals surface area contributed by atoms with Crippen LogP contribution in [0.2, 0.25) is 0 Å². The van der Waals surface area contributed by atoms with Gasteiger partial charge in [0.25, 0.3) is 0 Å². The molecule has 1 N–H and O–H groups in total. The Kier molecular flexibility index (Phi) is 3.75. The number of amides is 1. The maximum atomic E-state index is 10.9. The van der Waals surface area contributed by atoms with E-state index in [0.29, 0.717) is 5.13 Å². The van der Waals surface area contributed by atoms with Crippen LogP contribution in [-0.2, 0) is 4.79 Å². The molecule has 0 bridgehead atoms. The molecule has 0 saturated heterocycles. The summed E-state index contributed by atoms with van der Waals surface area (Å²) in [6, 6.07) is 9.77. The molecule has 2 aromatic rings. The van der Waals surface area contributed by atoms with Crippen LogP contribution in [0, 0.1) is 18.8 Å². The zero-order chi connectivity index (χ0) is 13.0. The minimum Gasteiger partial charge on any atom is -0.302 e. The summed E-state index contributed by atoms with van der Waals surface area (Å²) in [7, 11) is 0. The molecule has 3 nitrogen and oxygen atoms in total. The Labute approximate surface area is 110 Å². The molecular weight excluding hydrogens is 244 g/mol. The van der Waals surface area contributed by atoms with Crippen molar-refractivity contribution in [2.75, 3.05) is 5.32 Å². The summed E-state index contributed by atoms with van der Waals surface area (Å²) < 4.78 is 0. The van der Waals surface area contributed by atoms with E-state index >= 15 is 0 Å². The Balaban J connectivity index is 2.22. The van der Waals surface area contributed by atoms with Gasteiger partial charge in [0, 0.05) is 12.5 Å². The van der Waals surface area contributed by atoms with Crippen molar-refractivity contribution < 1.29 is 4.79 Å². The van der Waals surface area contributed by atoms with Gasteiger partial charge in [-0.15, -0.1) is 0 Å². The van der Waals surface area contributed by atoms with Crippen LogP contribution in [0.1, 0.15) is 23.1 Å². The first kappa shape index (κ1) is 12.3. The monoisotopic (exact) mass is 256 g/mol. The average molecular weight is 256 g/mol. The highest BCUT2D eigenvalue weighted by atomic mass is 32.1. The molecule has 0 aliphatic rings. The Morgan fingerprint density at radius 1 is 1.28 bits per heavy atom. The van der Waals surface area contributed by atoms with Crippen molar-refractivity contribution in [3.05, 3.63) is 46.5 Å². The zero-order valence-corrected chi connectivity index (χ0v) is 11.0. The third-order valence-electron chi connectivity index (χ3n) is 2.17. The maximum absolute atomic E-state index is 10.9. The third-order valence-corrected chi connectivity index (χ3v) is 3.16. The van der Waals surface area contributed by atoms with Crippen LogP contribution in [-0.4, -0.2) is 10.9 Å². The number of aromatic nitrogens is 1. The van der Waals surface area contributed by atoms with Crippen LogP contribution >= 0.6 is 11.3 Å². The average Bonchev–Trinajstić information content (AvgIpc) is 2.67. The van der Waals surface area contributed by atoms with E-state index in [9.17, 15) is 4.79 Å². The van der Waals surface area contributed by atoms with Crippen molar-refractivity contribution in [2.24, 2.45) is 0 Å². The topological polar surface area (TPSA) is 42.0 Å². The van der Waals surface area contributed by atoms with Crippen molar-refractivity contribution >= 4 is 22.4 Å². The molecule has 0 atom stereocenters. The summed E-state index contributed by atoms with van der Waals surface area (Å²) in [4.78, 5) is 16.1. The van der Waals surface area contributed by atoms with Gasteiger partial charge in [-0.3, -0.25) is 4.79 Å². The van der Waals surface area contributed by atoms with Gasteiger partial charge < -0.3 is 5.32 Å². The van der Waals surface area contributed by atoms with E-state index in [1.165, 1.54) is 18.3 Å². The zero-order valence-electron chi connectivity index (χ0n) is 10.2. The summed E-state index contributed by atoms with van der Waals surface area (Å²) in [5, 5.41) is 3.26. The summed E-state index contributed by atoms with van der Waals surface area (Å²) in [5.74, 6) is 6.03. The quantitative estimate of drug-likeness (QED) is 0.797. The van der Waals surface area contributed by atoms with Crippen LogP contribution in [0.4, 0.5) is 5.13 Å². The number of carbonyl (C=O) groups is 1. The Bertz CT molecular complexity index is 620. The summed E-state index contributed by atoms with van der Waals surface area (Å²) >= 11 is 1.39. The second-order valence-electron chi connectivity index (χ2n) is 3.73. The van der Waals surface area contributed by atoms with E-state index in [2.05, 4.69) is 22.1 Å². The largest absolute Gasteiger partial charge is 0.302 e. The molecule has 1 aromatic heterocycles. The molecule has 0 radical (unpaired) electrons. The second-order valence-corrected chi connectivity index (χ2v) is 4.73. The first-order chi connectivity index (χ1) is 8.65. The molecule has 18 heavy (non-hydrogen) atoms. The molecule has 0 spiro atoms. The van der Waals surface area contributed by atoms with Crippen LogP contribution in [0.25, 0.3) is 0 Å². The lowest BCUT2D eigenvalue weighted by Crippen LogP contribution is -2.04. The first-order valence-corrected chi connectivity index (χ1v) is 6.29. The Morgan fingerprint density at radius 2 is 2.00 bits per heavy atom. The normalized spacial score (nSPS) is 9.44. The van der Waals surface area contributed by atoms with Gasteiger partial charge >= 0.3 is 0 Å². The van der Waals surface area contributed by atoms with Crippen molar-refractivity contribution in [2.45, 2.75) is 13.8 Å². The predicted octanol–water partition coefficient (Wildman–Crippen LogP) is 2.81. The van der Waals surface area contributed by atoms with Crippen LogP contribution in [0.3, 0.4) is 0 Å². The number of aryl methyl sites for hydroxylation is 1. The number of rotatable bonds is 1. The second kappa shape index (κ2) is 5.48. The van der Waals surface area contributed by atoms with Crippen molar-refractivity contribution in [1.82, 2.24) is 4.98 Å². The Hall–Kier alpha value is -2.12. The SMILES string of the molecule is CC(=O)Nc1nc(C)c(C#Cc2ccccc2)s1. The van der Waals surface area contributed by atoms with Crippen LogP contribution in [0.15, 0.2) is 30.3 Å². The number of hydrogen-bond acceptors (Lipinski definition) is 3. The number of carbonyl (C=O) groups excluding carboxylic acids is 1. The van der Waals surface area contributed by atoms with Crippen molar-refractivity contribution in [1.29, 1.82) is 0 Å². The molecule has 0 fully saturated rings. The molecule has 0 saturated carbocycles. The molecular formula is C14H12N2OS. The maximum Gasteiger partial charge on any atom is 0.223 e. The van der Waals surface area contributed by atoms with E-state index in [4.69, 9.17) is 0 Å². The van der Waals surface area contributed by atoms with E-state index in [1.807, 2.05) is 37.3 Å². The summed E-state index contributed by atoms with van der Waals surface area (Å²) in [5.41, 5.74) is 1.80. The number of nitrogens with zero attached hydrogens (tertiary/aromatic N) is 1. The standard InChI is InChI=1S/C14H12N2OS/c1-10-13(18-14(15-10)16-11(2)17)9-8-12-6-4-3-5-7-12/h3-7H,1-2H3,(H,15,16,17). The number of benzene rings is 1. The van der Waals surface area contributed by atoms with E-state index in [0.717, 1.165) is 16.1 Å². The van der Waals surface area contributed by atoms with Crippen molar-refractivity contribution in [3.8, 4) is 11.8 Å². The van der Waals surface area contributed by atoms with Crippen LogP contribution < -0.4 is 5.32 Å². The highest BCUT2D eigenvalue weighted by Gasteiger charge is 2.06. The van der Waals surface area contributed by atoms with Crippen LogP contribution in [0.5, 0.6) is 0 Å². The molecule has 2 rings (SSSR count). The minimum absolute atomic E-state index is 0.119. The minimum atomic E-state index is -0.119.